The largest absolute Gasteiger partial charge is 0.308 e. The fraction of sp³-hybridized carbons (Fsp3) is 0.643. The van der Waals surface area contributed by atoms with Crippen molar-refractivity contribution < 1.29 is 0 Å². The van der Waals surface area contributed by atoms with Gasteiger partial charge in [0.05, 0.1) is 5.69 Å². The average molecular weight is 235 g/mol. The molecule has 0 aliphatic carbocycles. The molecular formula is C14H25N3. The molecule has 96 valence electrons. The van der Waals surface area contributed by atoms with Crippen LogP contribution in [0.3, 0.4) is 0 Å². The highest BCUT2D eigenvalue weighted by Gasteiger charge is 2.09. The number of rotatable bonds is 4. The molecule has 17 heavy (non-hydrogen) atoms. The van der Waals surface area contributed by atoms with E-state index >= 15 is 0 Å². The maximum atomic E-state index is 4.36. The van der Waals surface area contributed by atoms with E-state index in [1.54, 1.807) is 0 Å². The molecule has 3 nitrogen and oxygen atoms in total. The van der Waals surface area contributed by atoms with E-state index in [0.29, 0.717) is 0 Å². The third-order valence-corrected chi connectivity index (χ3v) is 2.71. The highest BCUT2D eigenvalue weighted by atomic mass is 15.2. The summed E-state index contributed by atoms with van der Waals surface area (Å²) < 4.78 is 1.87. The lowest BCUT2D eigenvalue weighted by Gasteiger charge is -2.21. The van der Waals surface area contributed by atoms with Crippen molar-refractivity contribution >= 4 is 6.08 Å². The number of aryl methyl sites for hydroxylation is 2. The van der Waals surface area contributed by atoms with E-state index < -0.39 is 0 Å². The van der Waals surface area contributed by atoms with E-state index in [-0.39, 0.29) is 5.54 Å². The minimum atomic E-state index is 0.165. The van der Waals surface area contributed by atoms with E-state index in [0.717, 1.165) is 18.7 Å². The molecule has 0 saturated heterocycles. The van der Waals surface area contributed by atoms with Crippen LogP contribution >= 0.6 is 0 Å². The van der Waals surface area contributed by atoms with Crippen molar-refractivity contribution in [3.05, 3.63) is 23.0 Å². The van der Waals surface area contributed by atoms with Crippen molar-refractivity contribution in [3.63, 3.8) is 0 Å². The first-order valence-electron chi connectivity index (χ1n) is 6.26. The Balaban J connectivity index is 2.76. The molecular weight excluding hydrogens is 210 g/mol. The van der Waals surface area contributed by atoms with Gasteiger partial charge in [-0.1, -0.05) is 18.6 Å². The number of hydrogen-bond donors (Lipinski definition) is 1. The standard InChI is InChI=1S/C14H25N3/c1-7-12(9-15-14(3,4)5)8-13-10-17(6)16-11(13)2/h8,10,15H,7,9H2,1-6H3. The van der Waals surface area contributed by atoms with Gasteiger partial charge in [-0.3, -0.25) is 4.68 Å². The van der Waals surface area contributed by atoms with Gasteiger partial charge < -0.3 is 5.32 Å². The van der Waals surface area contributed by atoms with Crippen molar-refractivity contribution in [1.29, 1.82) is 0 Å². The number of aromatic nitrogens is 2. The molecule has 0 spiro atoms. The summed E-state index contributed by atoms with van der Waals surface area (Å²) in [7, 11) is 1.96. The summed E-state index contributed by atoms with van der Waals surface area (Å²) >= 11 is 0. The second-order valence-corrected chi connectivity index (χ2v) is 5.60. The molecule has 0 aliphatic heterocycles. The molecule has 0 radical (unpaired) electrons. The Labute approximate surface area is 105 Å². The van der Waals surface area contributed by atoms with Crippen LogP contribution < -0.4 is 5.32 Å². The summed E-state index contributed by atoms with van der Waals surface area (Å²) in [5, 5.41) is 7.88. The fourth-order valence-corrected chi connectivity index (χ4v) is 1.64. The van der Waals surface area contributed by atoms with Crippen molar-refractivity contribution in [2.75, 3.05) is 6.54 Å². The molecule has 0 bridgehead atoms. The van der Waals surface area contributed by atoms with Crippen LogP contribution in [-0.2, 0) is 7.05 Å². The lowest BCUT2D eigenvalue weighted by Crippen LogP contribution is -2.36. The monoisotopic (exact) mass is 235 g/mol. The highest BCUT2D eigenvalue weighted by Crippen LogP contribution is 2.13. The summed E-state index contributed by atoms with van der Waals surface area (Å²) in [4.78, 5) is 0. The van der Waals surface area contributed by atoms with Gasteiger partial charge in [-0.2, -0.15) is 5.10 Å². The Kier molecular flexibility index (Phi) is 4.52. The molecule has 1 aromatic rings. The van der Waals surface area contributed by atoms with Crippen molar-refractivity contribution in [2.24, 2.45) is 7.05 Å². The SMILES string of the molecule is CCC(=Cc1cn(C)nc1C)CNC(C)(C)C. The Morgan fingerprint density at radius 1 is 1.47 bits per heavy atom. The van der Waals surface area contributed by atoms with Crippen molar-refractivity contribution in [2.45, 2.75) is 46.6 Å². The van der Waals surface area contributed by atoms with Gasteiger partial charge in [0.15, 0.2) is 0 Å². The average Bonchev–Trinajstić information content (AvgIpc) is 2.50. The van der Waals surface area contributed by atoms with Gasteiger partial charge in [0.1, 0.15) is 0 Å². The molecule has 0 aromatic carbocycles. The molecule has 0 atom stereocenters. The Bertz CT molecular complexity index is 394. The Morgan fingerprint density at radius 3 is 2.53 bits per heavy atom. The first-order chi connectivity index (χ1) is 7.81. The molecule has 0 saturated carbocycles. The first kappa shape index (κ1) is 14.0. The van der Waals surface area contributed by atoms with Crippen LogP contribution in [0.4, 0.5) is 0 Å². The van der Waals surface area contributed by atoms with Crippen LogP contribution in [-0.4, -0.2) is 21.9 Å². The maximum Gasteiger partial charge on any atom is 0.0665 e. The zero-order chi connectivity index (χ0) is 13.1. The van der Waals surface area contributed by atoms with Gasteiger partial charge in [-0.25, -0.2) is 0 Å². The van der Waals surface area contributed by atoms with Gasteiger partial charge in [0.2, 0.25) is 0 Å². The van der Waals surface area contributed by atoms with Crippen molar-refractivity contribution in [1.82, 2.24) is 15.1 Å². The van der Waals surface area contributed by atoms with Gasteiger partial charge in [0.25, 0.3) is 0 Å². The fourth-order valence-electron chi connectivity index (χ4n) is 1.64. The predicted molar refractivity (Wildman–Crippen MR) is 74.0 cm³/mol. The van der Waals surface area contributed by atoms with Gasteiger partial charge in [-0.05, 0) is 34.1 Å². The molecule has 0 amide bonds. The molecule has 1 heterocycles. The van der Waals surface area contributed by atoms with E-state index in [4.69, 9.17) is 0 Å². The first-order valence-corrected chi connectivity index (χ1v) is 6.26. The molecule has 0 fully saturated rings. The van der Waals surface area contributed by atoms with Gasteiger partial charge in [0, 0.05) is 30.9 Å². The summed E-state index contributed by atoms with van der Waals surface area (Å²) in [6.45, 7) is 11.8. The molecule has 1 N–H and O–H groups in total. The normalized spacial score (nSPS) is 13.2. The topological polar surface area (TPSA) is 29.9 Å². The summed E-state index contributed by atoms with van der Waals surface area (Å²) in [6, 6.07) is 0. The van der Waals surface area contributed by atoms with E-state index in [1.165, 1.54) is 11.1 Å². The lowest BCUT2D eigenvalue weighted by atomic mass is 10.1. The number of nitrogens with zero attached hydrogens (tertiary/aromatic N) is 2. The zero-order valence-electron chi connectivity index (χ0n) is 12.0. The van der Waals surface area contributed by atoms with Crippen LogP contribution in [0.2, 0.25) is 0 Å². The summed E-state index contributed by atoms with van der Waals surface area (Å²) in [5.74, 6) is 0. The molecule has 0 unspecified atom stereocenters. The van der Waals surface area contributed by atoms with Crippen LogP contribution in [0.25, 0.3) is 6.08 Å². The quantitative estimate of drug-likeness (QED) is 0.869. The van der Waals surface area contributed by atoms with Crippen molar-refractivity contribution in [3.8, 4) is 0 Å². The van der Waals surface area contributed by atoms with Crippen LogP contribution in [0.15, 0.2) is 11.8 Å². The lowest BCUT2D eigenvalue weighted by molar-refractivity contribution is 0.443. The Hall–Kier alpha value is -1.09. The number of hydrogen-bond acceptors (Lipinski definition) is 2. The van der Waals surface area contributed by atoms with Crippen LogP contribution in [0.1, 0.15) is 45.4 Å². The van der Waals surface area contributed by atoms with E-state index in [1.807, 2.05) is 11.7 Å². The minimum absolute atomic E-state index is 0.165. The van der Waals surface area contributed by atoms with Gasteiger partial charge >= 0.3 is 0 Å². The van der Waals surface area contributed by atoms with Crippen LogP contribution in [0, 0.1) is 6.92 Å². The summed E-state index contributed by atoms with van der Waals surface area (Å²) in [5.41, 5.74) is 3.89. The third kappa shape index (κ3) is 4.73. The second kappa shape index (κ2) is 5.50. The van der Waals surface area contributed by atoms with E-state index in [9.17, 15) is 0 Å². The molecule has 1 aromatic heterocycles. The molecule has 1 rings (SSSR count). The third-order valence-electron chi connectivity index (χ3n) is 2.71. The number of nitrogens with one attached hydrogen (secondary N) is 1. The summed E-state index contributed by atoms with van der Waals surface area (Å²) in [6.07, 6.45) is 5.39. The van der Waals surface area contributed by atoms with Crippen LogP contribution in [0.5, 0.6) is 0 Å². The predicted octanol–water partition coefficient (Wildman–Crippen LogP) is 2.91. The zero-order valence-corrected chi connectivity index (χ0v) is 12.0. The Morgan fingerprint density at radius 2 is 2.12 bits per heavy atom. The smallest absolute Gasteiger partial charge is 0.0665 e. The maximum absolute atomic E-state index is 4.36. The highest BCUT2D eigenvalue weighted by molar-refractivity contribution is 5.54. The second-order valence-electron chi connectivity index (χ2n) is 5.60. The molecule has 0 aliphatic rings. The minimum Gasteiger partial charge on any atom is -0.308 e. The van der Waals surface area contributed by atoms with Gasteiger partial charge in [-0.15, -0.1) is 0 Å². The molecule has 3 heteroatoms. The van der Waals surface area contributed by atoms with E-state index in [2.05, 4.69) is 57.3 Å².